The SMILES string of the molecule is Cc1ccccc1-c1sc(COc2cc(C)c3c(c2)CCN3C(=O)OC(C)(C)C)c(CF)c1-c1ccccc1. The van der Waals surface area contributed by atoms with Crippen molar-refractivity contribution in [3.05, 3.63) is 93.9 Å². The van der Waals surface area contributed by atoms with Crippen LogP contribution in [0, 0.1) is 13.8 Å². The van der Waals surface area contributed by atoms with Gasteiger partial charge in [-0.2, -0.15) is 0 Å². The highest BCUT2D eigenvalue weighted by atomic mass is 32.1. The summed E-state index contributed by atoms with van der Waals surface area (Å²) in [7, 11) is 0. The number of hydrogen-bond acceptors (Lipinski definition) is 4. The lowest BCUT2D eigenvalue weighted by atomic mass is 9.96. The highest BCUT2D eigenvalue weighted by molar-refractivity contribution is 7.16. The molecule has 5 rings (SSSR count). The molecule has 0 spiro atoms. The number of anilines is 1. The van der Waals surface area contributed by atoms with Crippen LogP contribution in [0.3, 0.4) is 0 Å². The Balaban J connectivity index is 1.46. The summed E-state index contributed by atoms with van der Waals surface area (Å²) < 4.78 is 26.6. The van der Waals surface area contributed by atoms with E-state index in [1.807, 2.05) is 82.3 Å². The maximum atomic E-state index is 14.7. The van der Waals surface area contributed by atoms with Crippen LogP contribution in [-0.2, 0) is 24.4 Å². The van der Waals surface area contributed by atoms with Gasteiger partial charge in [-0.25, -0.2) is 9.18 Å². The van der Waals surface area contributed by atoms with E-state index in [-0.39, 0.29) is 12.7 Å². The molecule has 0 unspecified atom stereocenters. The number of thiophene rings is 1. The molecule has 0 saturated carbocycles. The molecule has 4 aromatic rings. The fraction of sp³-hybridized carbons (Fsp3) is 0.303. The quantitative estimate of drug-likeness (QED) is 0.243. The van der Waals surface area contributed by atoms with E-state index < -0.39 is 12.3 Å². The number of amides is 1. The number of benzene rings is 3. The Morgan fingerprint density at radius 1 is 1.00 bits per heavy atom. The Kier molecular flexibility index (Phi) is 7.50. The zero-order valence-corrected chi connectivity index (χ0v) is 24.0. The lowest BCUT2D eigenvalue weighted by molar-refractivity contribution is 0.0583. The van der Waals surface area contributed by atoms with Gasteiger partial charge in [0.1, 0.15) is 24.6 Å². The molecule has 39 heavy (non-hydrogen) atoms. The topological polar surface area (TPSA) is 38.8 Å². The van der Waals surface area contributed by atoms with Gasteiger partial charge in [-0.1, -0.05) is 54.6 Å². The normalized spacial score (nSPS) is 12.9. The zero-order chi connectivity index (χ0) is 27.7. The van der Waals surface area contributed by atoms with E-state index >= 15 is 0 Å². The van der Waals surface area contributed by atoms with Crippen molar-refractivity contribution in [1.29, 1.82) is 0 Å². The van der Waals surface area contributed by atoms with Crippen LogP contribution < -0.4 is 9.64 Å². The van der Waals surface area contributed by atoms with Crippen molar-refractivity contribution in [2.24, 2.45) is 0 Å². The number of hydrogen-bond donors (Lipinski definition) is 0. The van der Waals surface area contributed by atoms with E-state index in [0.29, 0.717) is 17.9 Å². The average molecular weight is 544 g/mol. The first kappa shape index (κ1) is 26.9. The van der Waals surface area contributed by atoms with Crippen LogP contribution in [0.4, 0.5) is 14.9 Å². The van der Waals surface area contributed by atoms with Crippen LogP contribution in [0.5, 0.6) is 5.75 Å². The molecule has 0 saturated heterocycles. The number of carbonyl (C=O) groups excluding carboxylic acids is 1. The minimum Gasteiger partial charge on any atom is -0.488 e. The monoisotopic (exact) mass is 543 g/mol. The van der Waals surface area contributed by atoms with Crippen molar-refractivity contribution >= 4 is 23.1 Å². The second kappa shape index (κ2) is 10.9. The van der Waals surface area contributed by atoms with Gasteiger partial charge in [-0.15, -0.1) is 11.3 Å². The van der Waals surface area contributed by atoms with E-state index in [0.717, 1.165) is 55.2 Å². The number of rotatable bonds is 6. The van der Waals surface area contributed by atoms with Crippen molar-refractivity contribution in [1.82, 2.24) is 0 Å². The van der Waals surface area contributed by atoms with Crippen molar-refractivity contribution in [2.75, 3.05) is 11.4 Å². The third kappa shape index (κ3) is 5.57. The summed E-state index contributed by atoms with van der Waals surface area (Å²) in [6.07, 6.45) is 0.401. The van der Waals surface area contributed by atoms with E-state index in [1.165, 1.54) is 0 Å². The number of alkyl halides is 1. The van der Waals surface area contributed by atoms with Gasteiger partial charge in [0.25, 0.3) is 0 Å². The standard InChI is InChI=1S/C33H34FNO3S/c1-21-11-9-10-14-26(21)31-29(23-12-7-6-8-13-23)27(19-34)28(39-31)20-37-25-17-22(2)30-24(18-25)15-16-35(30)32(36)38-33(3,4)5/h6-14,17-18H,15-16,19-20H2,1-5H3. The van der Waals surface area contributed by atoms with Gasteiger partial charge in [0.15, 0.2) is 0 Å². The van der Waals surface area contributed by atoms with Crippen molar-refractivity contribution < 1.29 is 18.7 Å². The van der Waals surface area contributed by atoms with Crippen molar-refractivity contribution in [3.8, 4) is 27.3 Å². The molecular weight excluding hydrogens is 509 g/mol. The van der Waals surface area contributed by atoms with Crippen LogP contribution >= 0.6 is 11.3 Å². The zero-order valence-electron chi connectivity index (χ0n) is 23.1. The van der Waals surface area contributed by atoms with Crippen LogP contribution in [0.2, 0.25) is 0 Å². The summed E-state index contributed by atoms with van der Waals surface area (Å²) in [5, 5.41) is 0. The van der Waals surface area contributed by atoms with Crippen molar-refractivity contribution in [2.45, 2.75) is 59.9 Å². The number of aryl methyl sites for hydroxylation is 2. The summed E-state index contributed by atoms with van der Waals surface area (Å²) in [6.45, 7) is 9.95. The predicted molar refractivity (Wildman–Crippen MR) is 158 cm³/mol. The Morgan fingerprint density at radius 3 is 2.41 bits per heavy atom. The maximum Gasteiger partial charge on any atom is 0.414 e. The summed E-state index contributed by atoms with van der Waals surface area (Å²) in [5.41, 5.74) is 7.23. The molecule has 4 nitrogen and oxygen atoms in total. The number of fused-ring (bicyclic) bond motifs is 1. The van der Waals surface area contributed by atoms with Crippen molar-refractivity contribution in [3.63, 3.8) is 0 Å². The summed E-state index contributed by atoms with van der Waals surface area (Å²) in [4.78, 5) is 16.4. The molecule has 0 N–H and O–H groups in total. The fourth-order valence-corrected chi connectivity index (χ4v) is 6.49. The number of ether oxygens (including phenoxy) is 2. The first-order valence-electron chi connectivity index (χ1n) is 13.2. The molecule has 2 heterocycles. The maximum absolute atomic E-state index is 14.7. The Bertz CT molecular complexity index is 1500. The largest absolute Gasteiger partial charge is 0.488 e. The van der Waals surface area contributed by atoms with E-state index in [9.17, 15) is 9.18 Å². The summed E-state index contributed by atoms with van der Waals surface area (Å²) in [5.74, 6) is 0.717. The Hall–Kier alpha value is -3.64. The van der Waals surface area contributed by atoms with Crippen LogP contribution in [0.25, 0.3) is 21.6 Å². The van der Waals surface area contributed by atoms with Crippen LogP contribution in [0.15, 0.2) is 66.7 Å². The number of halogens is 1. The third-order valence-corrected chi connectivity index (χ3v) is 8.13. The molecule has 1 aliphatic heterocycles. The molecule has 6 heteroatoms. The lowest BCUT2D eigenvalue weighted by Crippen LogP contribution is -2.36. The average Bonchev–Trinajstić information content (AvgIpc) is 3.49. The predicted octanol–water partition coefficient (Wildman–Crippen LogP) is 9.05. The van der Waals surface area contributed by atoms with Gasteiger partial charge in [-0.05, 0) is 81.0 Å². The molecule has 0 fully saturated rings. The van der Waals surface area contributed by atoms with E-state index in [1.54, 1.807) is 16.2 Å². The molecule has 1 aromatic heterocycles. The molecule has 0 atom stereocenters. The van der Waals surface area contributed by atoms with Gasteiger partial charge < -0.3 is 9.47 Å². The minimum absolute atomic E-state index is 0.268. The summed E-state index contributed by atoms with van der Waals surface area (Å²) in [6, 6.07) is 22.2. The lowest BCUT2D eigenvalue weighted by Gasteiger charge is -2.25. The Morgan fingerprint density at radius 2 is 1.72 bits per heavy atom. The van der Waals surface area contributed by atoms with Gasteiger partial charge in [0.2, 0.25) is 0 Å². The molecule has 3 aromatic carbocycles. The van der Waals surface area contributed by atoms with E-state index in [4.69, 9.17) is 9.47 Å². The first-order valence-corrected chi connectivity index (χ1v) is 14.1. The molecule has 1 aliphatic rings. The van der Waals surface area contributed by atoms with Crippen LogP contribution in [0.1, 0.15) is 47.9 Å². The number of carbonyl (C=O) groups is 1. The molecular formula is C33H34FNO3S. The Labute approximate surface area is 234 Å². The molecule has 0 aliphatic carbocycles. The van der Waals surface area contributed by atoms with Gasteiger partial charge >= 0.3 is 6.09 Å². The van der Waals surface area contributed by atoms with E-state index in [2.05, 4.69) is 19.1 Å². The number of nitrogens with zero attached hydrogens (tertiary/aromatic N) is 1. The van der Waals surface area contributed by atoms with Gasteiger partial charge in [-0.3, -0.25) is 4.90 Å². The summed E-state index contributed by atoms with van der Waals surface area (Å²) >= 11 is 1.60. The third-order valence-electron chi connectivity index (χ3n) is 6.89. The second-order valence-electron chi connectivity index (χ2n) is 10.9. The molecule has 202 valence electrons. The fourth-order valence-electron chi connectivity index (χ4n) is 5.17. The van der Waals surface area contributed by atoms with Gasteiger partial charge in [0, 0.05) is 27.4 Å². The molecule has 0 bridgehead atoms. The molecule has 0 radical (unpaired) electrons. The van der Waals surface area contributed by atoms with Gasteiger partial charge in [0.05, 0.1) is 5.69 Å². The highest BCUT2D eigenvalue weighted by Crippen LogP contribution is 2.45. The first-order chi connectivity index (χ1) is 18.7. The minimum atomic E-state index is -0.570. The smallest absolute Gasteiger partial charge is 0.414 e. The van der Waals surface area contributed by atoms with Crippen LogP contribution in [-0.4, -0.2) is 18.2 Å². The highest BCUT2D eigenvalue weighted by Gasteiger charge is 2.31. The second-order valence-corrected chi connectivity index (χ2v) is 12.0. The molecule has 1 amide bonds.